The number of hydrogen-bond acceptors (Lipinski definition) is 5. The van der Waals surface area contributed by atoms with E-state index in [4.69, 9.17) is 14.6 Å². The normalized spacial score (nSPS) is 10.2. The molecule has 0 saturated carbocycles. The minimum Gasteiger partial charge on any atom is -0.462 e. The van der Waals surface area contributed by atoms with Crippen LogP contribution in [0.4, 0.5) is 0 Å². The van der Waals surface area contributed by atoms with Gasteiger partial charge in [-0.1, -0.05) is 6.07 Å². The molecular formula is C16H17NO4. The average molecular weight is 287 g/mol. The molecule has 0 spiro atoms. The maximum Gasteiger partial charge on any atom is 0.338 e. The minimum atomic E-state index is -0.351. The third-order valence-electron chi connectivity index (χ3n) is 2.79. The lowest BCUT2D eigenvalue weighted by Gasteiger charge is -2.06. The summed E-state index contributed by atoms with van der Waals surface area (Å²) in [5.41, 5.74) is 1.43. The van der Waals surface area contributed by atoms with Crippen molar-refractivity contribution in [3.05, 3.63) is 53.7 Å². The molecule has 21 heavy (non-hydrogen) atoms. The van der Waals surface area contributed by atoms with E-state index in [9.17, 15) is 4.79 Å². The number of aromatic nitrogens is 1. The lowest BCUT2D eigenvalue weighted by Crippen LogP contribution is -2.04. The first-order valence-electron chi connectivity index (χ1n) is 6.73. The molecule has 0 saturated heterocycles. The number of nitrogens with zero attached hydrogens (tertiary/aromatic N) is 1. The molecule has 0 aliphatic rings. The zero-order chi connectivity index (χ0) is 15.1. The van der Waals surface area contributed by atoms with E-state index in [1.54, 1.807) is 43.5 Å². The molecule has 110 valence electrons. The first-order valence-corrected chi connectivity index (χ1v) is 6.73. The zero-order valence-electron chi connectivity index (χ0n) is 11.8. The molecule has 5 heteroatoms. The third kappa shape index (κ3) is 4.29. The van der Waals surface area contributed by atoms with E-state index < -0.39 is 0 Å². The highest BCUT2D eigenvalue weighted by Gasteiger charge is 2.06. The van der Waals surface area contributed by atoms with Crippen LogP contribution in [-0.2, 0) is 11.2 Å². The first-order chi connectivity index (χ1) is 10.2. The monoisotopic (exact) mass is 287 g/mol. The van der Waals surface area contributed by atoms with Crippen LogP contribution in [0.5, 0.6) is 11.6 Å². The Labute approximate surface area is 123 Å². The van der Waals surface area contributed by atoms with E-state index in [0.29, 0.717) is 30.2 Å². The summed E-state index contributed by atoms with van der Waals surface area (Å²) in [5.74, 6) is 0.696. The second kappa shape index (κ2) is 7.40. The second-order valence-corrected chi connectivity index (χ2v) is 4.33. The van der Waals surface area contributed by atoms with Gasteiger partial charge in [0.15, 0.2) is 0 Å². The highest BCUT2D eigenvalue weighted by Crippen LogP contribution is 2.20. The second-order valence-electron chi connectivity index (χ2n) is 4.33. The molecule has 1 heterocycles. The van der Waals surface area contributed by atoms with Crippen LogP contribution in [-0.4, -0.2) is 29.3 Å². The van der Waals surface area contributed by atoms with E-state index in [2.05, 4.69) is 4.98 Å². The van der Waals surface area contributed by atoms with Gasteiger partial charge in [0.2, 0.25) is 5.88 Å². The quantitative estimate of drug-likeness (QED) is 0.827. The van der Waals surface area contributed by atoms with Crippen molar-refractivity contribution in [2.45, 2.75) is 13.3 Å². The number of hydrogen-bond donors (Lipinski definition) is 1. The van der Waals surface area contributed by atoms with E-state index in [0.717, 1.165) is 5.56 Å². The number of pyridine rings is 1. The third-order valence-corrected chi connectivity index (χ3v) is 2.79. The Bertz CT molecular complexity index is 578. The van der Waals surface area contributed by atoms with Crippen molar-refractivity contribution >= 4 is 5.97 Å². The summed E-state index contributed by atoms with van der Waals surface area (Å²) in [4.78, 5) is 15.7. The number of aliphatic hydroxyl groups excluding tert-OH is 1. The Kier molecular flexibility index (Phi) is 5.29. The van der Waals surface area contributed by atoms with Gasteiger partial charge in [-0.2, -0.15) is 0 Å². The Morgan fingerprint density at radius 1 is 1.19 bits per heavy atom. The smallest absolute Gasteiger partial charge is 0.338 e. The minimum absolute atomic E-state index is 0.0944. The van der Waals surface area contributed by atoms with Crippen LogP contribution in [0, 0.1) is 0 Å². The van der Waals surface area contributed by atoms with E-state index in [-0.39, 0.29) is 12.6 Å². The molecule has 0 amide bonds. The SMILES string of the molecule is CCOC(=O)c1ccc(Oc2ccc(CCO)cn2)cc1. The Morgan fingerprint density at radius 2 is 1.95 bits per heavy atom. The Hall–Kier alpha value is -2.40. The number of rotatable bonds is 6. The molecule has 0 bridgehead atoms. The fourth-order valence-corrected chi connectivity index (χ4v) is 1.74. The zero-order valence-corrected chi connectivity index (χ0v) is 11.8. The van der Waals surface area contributed by atoms with Crippen molar-refractivity contribution in [1.82, 2.24) is 4.98 Å². The summed E-state index contributed by atoms with van der Waals surface area (Å²) in [6.07, 6.45) is 2.24. The van der Waals surface area contributed by atoms with Crippen molar-refractivity contribution in [1.29, 1.82) is 0 Å². The summed E-state index contributed by atoms with van der Waals surface area (Å²) in [5, 5.41) is 8.84. The molecule has 0 aliphatic heterocycles. The van der Waals surface area contributed by atoms with Gasteiger partial charge >= 0.3 is 5.97 Å². The highest BCUT2D eigenvalue weighted by molar-refractivity contribution is 5.89. The Balaban J connectivity index is 2.01. The number of carbonyl (C=O) groups is 1. The lowest BCUT2D eigenvalue weighted by atomic mass is 10.2. The molecule has 0 atom stereocenters. The van der Waals surface area contributed by atoms with Crippen LogP contribution in [0.15, 0.2) is 42.6 Å². The topological polar surface area (TPSA) is 68.7 Å². The van der Waals surface area contributed by atoms with Crippen molar-refractivity contribution in [3.63, 3.8) is 0 Å². The predicted molar refractivity (Wildman–Crippen MR) is 77.5 cm³/mol. The van der Waals surface area contributed by atoms with Gasteiger partial charge in [-0.3, -0.25) is 0 Å². The predicted octanol–water partition coefficient (Wildman–Crippen LogP) is 2.59. The summed E-state index contributed by atoms with van der Waals surface area (Å²) in [6, 6.07) is 10.3. The number of esters is 1. The molecule has 1 aromatic heterocycles. The van der Waals surface area contributed by atoms with Gasteiger partial charge in [0.1, 0.15) is 5.75 Å². The molecule has 5 nitrogen and oxygen atoms in total. The largest absolute Gasteiger partial charge is 0.462 e. The van der Waals surface area contributed by atoms with Crippen LogP contribution >= 0.6 is 0 Å². The van der Waals surface area contributed by atoms with E-state index in [1.165, 1.54) is 0 Å². The maximum atomic E-state index is 11.5. The van der Waals surface area contributed by atoms with Gasteiger partial charge in [-0.15, -0.1) is 0 Å². The average Bonchev–Trinajstić information content (AvgIpc) is 2.50. The van der Waals surface area contributed by atoms with Crippen LogP contribution in [0.3, 0.4) is 0 Å². The maximum absolute atomic E-state index is 11.5. The van der Waals surface area contributed by atoms with Gasteiger partial charge in [0.05, 0.1) is 12.2 Å². The fraction of sp³-hybridized carbons (Fsp3) is 0.250. The summed E-state index contributed by atoms with van der Waals surface area (Å²) >= 11 is 0. The summed E-state index contributed by atoms with van der Waals surface area (Å²) < 4.78 is 10.5. The van der Waals surface area contributed by atoms with Gasteiger partial charge in [-0.25, -0.2) is 9.78 Å². The molecule has 0 fully saturated rings. The van der Waals surface area contributed by atoms with Gasteiger partial charge < -0.3 is 14.6 Å². The molecule has 2 aromatic rings. The summed E-state index contributed by atoms with van der Waals surface area (Å²) in [6.45, 7) is 2.21. The molecule has 2 rings (SSSR count). The van der Waals surface area contributed by atoms with Crippen LogP contribution in [0.2, 0.25) is 0 Å². The molecule has 0 unspecified atom stereocenters. The van der Waals surface area contributed by atoms with Crippen molar-refractivity contribution in [3.8, 4) is 11.6 Å². The summed E-state index contributed by atoms with van der Waals surface area (Å²) in [7, 11) is 0. The lowest BCUT2D eigenvalue weighted by molar-refractivity contribution is 0.0526. The number of benzene rings is 1. The fourth-order valence-electron chi connectivity index (χ4n) is 1.74. The van der Waals surface area contributed by atoms with Gasteiger partial charge in [-0.05, 0) is 43.2 Å². The highest BCUT2D eigenvalue weighted by atomic mass is 16.5. The molecule has 0 aliphatic carbocycles. The van der Waals surface area contributed by atoms with Gasteiger partial charge in [0.25, 0.3) is 0 Å². The van der Waals surface area contributed by atoms with Crippen molar-refractivity contribution < 1.29 is 19.4 Å². The first kappa shape index (κ1) is 15.0. The number of ether oxygens (including phenoxy) is 2. The Morgan fingerprint density at radius 3 is 2.52 bits per heavy atom. The number of carbonyl (C=O) groups excluding carboxylic acids is 1. The van der Waals surface area contributed by atoms with Crippen molar-refractivity contribution in [2.75, 3.05) is 13.2 Å². The molecule has 0 radical (unpaired) electrons. The molecule has 1 N–H and O–H groups in total. The van der Waals surface area contributed by atoms with Crippen molar-refractivity contribution in [2.24, 2.45) is 0 Å². The van der Waals surface area contributed by atoms with Crippen LogP contribution in [0.25, 0.3) is 0 Å². The van der Waals surface area contributed by atoms with Crippen LogP contribution in [0.1, 0.15) is 22.8 Å². The standard InChI is InChI=1S/C16H17NO4/c1-2-20-16(19)13-4-6-14(7-5-13)21-15-8-3-12(9-10-18)11-17-15/h3-8,11,18H,2,9-10H2,1H3. The number of aliphatic hydroxyl groups is 1. The van der Waals surface area contributed by atoms with Crippen LogP contribution < -0.4 is 4.74 Å². The van der Waals surface area contributed by atoms with Gasteiger partial charge in [0, 0.05) is 18.9 Å². The molecule has 1 aromatic carbocycles. The van der Waals surface area contributed by atoms with E-state index in [1.807, 2.05) is 6.07 Å². The van der Waals surface area contributed by atoms with E-state index >= 15 is 0 Å². The molecular weight excluding hydrogens is 270 g/mol.